The largest absolute Gasteiger partial charge is 0.497 e. The quantitative estimate of drug-likeness (QED) is 0.927. The molecule has 2 aromatic carbocycles. The highest BCUT2D eigenvalue weighted by molar-refractivity contribution is 5.95. The average molecular weight is 342 g/mol. The van der Waals surface area contributed by atoms with Crippen LogP contribution in [-0.4, -0.2) is 37.0 Å². The zero-order valence-electron chi connectivity index (χ0n) is 14.5. The van der Waals surface area contributed by atoms with Gasteiger partial charge in [-0.3, -0.25) is 4.79 Å². The van der Waals surface area contributed by atoms with Crippen molar-refractivity contribution in [2.45, 2.75) is 19.4 Å². The van der Waals surface area contributed by atoms with E-state index in [1.807, 2.05) is 31.2 Å². The lowest BCUT2D eigenvalue weighted by molar-refractivity contribution is 0.0739. The molecule has 0 radical (unpaired) electrons. The Morgan fingerprint density at radius 2 is 1.92 bits per heavy atom. The second kappa shape index (κ2) is 7.23. The first kappa shape index (κ1) is 17.4. The number of nitrogens with zero attached hydrogens (tertiary/aromatic N) is 1. The molecular weight excluding hydrogens is 319 g/mol. The van der Waals surface area contributed by atoms with Crippen molar-refractivity contribution in [2.75, 3.05) is 20.2 Å². The Labute approximate surface area is 147 Å². The summed E-state index contributed by atoms with van der Waals surface area (Å²) >= 11 is 0. The number of amides is 1. The van der Waals surface area contributed by atoms with E-state index in [-0.39, 0.29) is 17.5 Å². The number of likely N-dealkylation sites (tertiary alicyclic amines) is 1. The number of nitrogens with two attached hydrogens (primary N) is 1. The van der Waals surface area contributed by atoms with Crippen LogP contribution in [0.2, 0.25) is 0 Å². The summed E-state index contributed by atoms with van der Waals surface area (Å²) in [5.74, 6) is 0.276. The molecule has 0 aromatic heterocycles. The Balaban J connectivity index is 1.83. The molecule has 1 aliphatic rings. The molecule has 2 N–H and O–H groups in total. The van der Waals surface area contributed by atoms with Crippen LogP contribution >= 0.6 is 0 Å². The average Bonchev–Trinajstić information content (AvgIpc) is 3.02. The van der Waals surface area contributed by atoms with Crippen LogP contribution in [0.15, 0.2) is 42.5 Å². The van der Waals surface area contributed by atoms with Crippen LogP contribution in [0, 0.1) is 11.7 Å². The van der Waals surface area contributed by atoms with E-state index in [1.165, 1.54) is 6.07 Å². The van der Waals surface area contributed by atoms with E-state index in [2.05, 4.69) is 0 Å². The molecule has 1 saturated heterocycles. The van der Waals surface area contributed by atoms with Crippen molar-refractivity contribution >= 4 is 5.91 Å². The highest BCUT2D eigenvalue weighted by atomic mass is 19.1. The van der Waals surface area contributed by atoms with Gasteiger partial charge in [-0.1, -0.05) is 18.2 Å². The van der Waals surface area contributed by atoms with E-state index in [4.69, 9.17) is 10.5 Å². The monoisotopic (exact) mass is 342 g/mol. The summed E-state index contributed by atoms with van der Waals surface area (Å²) < 4.78 is 19.7. The minimum absolute atomic E-state index is 0.0849. The second-order valence-electron chi connectivity index (χ2n) is 6.57. The molecule has 2 unspecified atom stereocenters. The molecule has 4 nitrogen and oxygen atoms in total. The number of ether oxygens (including phenoxy) is 1. The summed E-state index contributed by atoms with van der Waals surface area (Å²) in [6.07, 6.45) is 0.869. The van der Waals surface area contributed by atoms with Gasteiger partial charge < -0.3 is 15.4 Å². The third-order valence-corrected chi connectivity index (χ3v) is 4.88. The van der Waals surface area contributed by atoms with Gasteiger partial charge in [0.05, 0.1) is 12.7 Å². The third kappa shape index (κ3) is 3.51. The molecule has 25 heavy (non-hydrogen) atoms. The van der Waals surface area contributed by atoms with Crippen molar-refractivity contribution in [3.8, 4) is 16.9 Å². The van der Waals surface area contributed by atoms with Crippen LogP contribution in [0.1, 0.15) is 23.7 Å². The maximum absolute atomic E-state index is 14.6. The molecule has 1 fully saturated rings. The molecule has 0 aliphatic carbocycles. The van der Waals surface area contributed by atoms with Crippen molar-refractivity contribution in [3.63, 3.8) is 0 Å². The van der Waals surface area contributed by atoms with Crippen LogP contribution in [0.25, 0.3) is 11.1 Å². The fourth-order valence-corrected chi connectivity index (χ4v) is 3.40. The van der Waals surface area contributed by atoms with Crippen molar-refractivity contribution in [1.29, 1.82) is 0 Å². The minimum atomic E-state index is -0.498. The molecule has 5 heteroatoms. The molecular formula is C20H23FN2O2. The SMILES string of the molecule is COc1ccc(-c2ccc(C(=O)N3CC(CN)CC3C)c(F)c2)cc1. The summed E-state index contributed by atoms with van der Waals surface area (Å²) in [5.41, 5.74) is 7.42. The zero-order chi connectivity index (χ0) is 18.0. The number of carbonyl (C=O) groups is 1. The molecule has 0 bridgehead atoms. The molecule has 2 aromatic rings. The van der Waals surface area contributed by atoms with Crippen LogP contribution in [0.3, 0.4) is 0 Å². The van der Waals surface area contributed by atoms with E-state index < -0.39 is 5.82 Å². The first-order valence-corrected chi connectivity index (χ1v) is 8.48. The first-order chi connectivity index (χ1) is 12.0. The Morgan fingerprint density at radius 3 is 2.48 bits per heavy atom. The topological polar surface area (TPSA) is 55.6 Å². The predicted molar refractivity (Wildman–Crippen MR) is 96.0 cm³/mol. The summed E-state index contributed by atoms with van der Waals surface area (Å²) in [5, 5.41) is 0. The summed E-state index contributed by atoms with van der Waals surface area (Å²) in [6, 6.07) is 12.2. The van der Waals surface area contributed by atoms with Crippen molar-refractivity contribution in [3.05, 3.63) is 53.8 Å². The lowest BCUT2D eigenvalue weighted by Crippen LogP contribution is -2.35. The normalized spacial score (nSPS) is 19.9. The van der Waals surface area contributed by atoms with Crippen molar-refractivity contribution in [1.82, 2.24) is 4.90 Å². The molecule has 1 heterocycles. The standard InChI is InChI=1S/C20H23FN2O2/c1-13-9-14(11-22)12-23(13)20(24)18-8-5-16(10-19(18)21)15-3-6-17(25-2)7-4-15/h3-8,10,13-14H,9,11-12,22H2,1-2H3. The smallest absolute Gasteiger partial charge is 0.257 e. The van der Waals surface area contributed by atoms with E-state index in [1.54, 1.807) is 24.1 Å². The van der Waals surface area contributed by atoms with Gasteiger partial charge in [0.15, 0.2) is 0 Å². The van der Waals surface area contributed by atoms with Gasteiger partial charge in [0.2, 0.25) is 0 Å². The fraction of sp³-hybridized carbons (Fsp3) is 0.350. The molecule has 132 valence electrons. The molecule has 0 saturated carbocycles. The number of methoxy groups -OCH3 is 1. The Morgan fingerprint density at radius 1 is 1.24 bits per heavy atom. The number of hydrogen-bond donors (Lipinski definition) is 1. The molecule has 1 amide bonds. The summed E-state index contributed by atoms with van der Waals surface area (Å²) in [4.78, 5) is 14.4. The van der Waals surface area contributed by atoms with E-state index in [0.29, 0.717) is 19.0 Å². The Bertz CT molecular complexity index is 761. The van der Waals surface area contributed by atoms with Gasteiger partial charge in [-0.05, 0) is 61.2 Å². The van der Waals surface area contributed by atoms with E-state index in [0.717, 1.165) is 23.3 Å². The van der Waals surface area contributed by atoms with Crippen molar-refractivity contribution < 1.29 is 13.9 Å². The minimum Gasteiger partial charge on any atom is -0.497 e. The maximum Gasteiger partial charge on any atom is 0.257 e. The maximum atomic E-state index is 14.6. The summed E-state index contributed by atoms with van der Waals surface area (Å²) in [6.45, 7) is 3.13. The van der Waals surface area contributed by atoms with Gasteiger partial charge in [0.25, 0.3) is 5.91 Å². The molecule has 2 atom stereocenters. The van der Waals surface area contributed by atoms with Gasteiger partial charge in [0.1, 0.15) is 11.6 Å². The van der Waals surface area contributed by atoms with Crippen LogP contribution < -0.4 is 10.5 Å². The van der Waals surface area contributed by atoms with Crippen molar-refractivity contribution in [2.24, 2.45) is 11.7 Å². The molecule has 0 spiro atoms. The van der Waals surface area contributed by atoms with Gasteiger partial charge in [-0.2, -0.15) is 0 Å². The lowest BCUT2D eigenvalue weighted by Gasteiger charge is -2.22. The fourth-order valence-electron chi connectivity index (χ4n) is 3.40. The third-order valence-electron chi connectivity index (χ3n) is 4.88. The van der Waals surface area contributed by atoms with E-state index >= 15 is 0 Å². The summed E-state index contributed by atoms with van der Waals surface area (Å²) in [7, 11) is 1.60. The van der Waals surface area contributed by atoms with Crippen LogP contribution in [0.4, 0.5) is 4.39 Å². The van der Waals surface area contributed by atoms with Gasteiger partial charge in [-0.15, -0.1) is 0 Å². The van der Waals surface area contributed by atoms with E-state index in [9.17, 15) is 9.18 Å². The Hall–Kier alpha value is -2.40. The van der Waals surface area contributed by atoms with Gasteiger partial charge >= 0.3 is 0 Å². The highest BCUT2D eigenvalue weighted by Gasteiger charge is 2.33. The zero-order valence-corrected chi connectivity index (χ0v) is 14.5. The number of rotatable bonds is 4. The second-order valence-corrected chi connectivity index (χ2v) is 6.57. The van der Waals surface area contributed by atoms with Crippen LogP contribution in [-0.2, 0) is 0 Å². The Kier molecular flexibility index (Phi) is 5.04. The number of halogens is 1. The predicted octanol–water partition coefficient (Wildman–Crippen LogP) is 3.31. The number of hydrogen-bond acceptors (Lipinski definition) is 3. The highest BCUT2D eigenvalue weighted by Crippen LogP contribution is 2.28. The molecule has 1 aliphatic heterocycles. The van der Waals surface area contributed by atoms with Gasteiger partial charge in [-0.25, -0.2) is 4.39 Å². The number of carbonyl (C=O) groups excluding carboxylic acids is 1. The number of benzene rings is 2. The first-order valence-electron chi connectivity index (χ1n) is 8.48. The van der Waals surface area contributed by atoms with Crippen LogP contribution in [0.5, 0.6) is 5.75 Å². The van der Waals surface area contributed by atoms with Gasteiger partial charge in [0, 0.05) is 12.6 Å². The lowest BCUT2D eigenvalue weighted by atomic mass is 10.0. The molecule has 3 rings (SSSR count).